The Morgan fingerprint density at radius 2 is 2.06 bits per heavy atom. The molecule has 0 bridgehead atoms. The summed E-state index contributed by atoms with van der Waals surface area (Å²) in [4.78, 5) is 4.16. The minimum absolute atomic E-state index is 0.197. The predicted molar refractivity (Wildman–Crippen MR) is 80.4 cm³/mol. The molecule has 0 aromatic carbocycles. The molecule has 2 heterocycles. The lowest BCUT2D eigenvalue weighted by Gasteiger charge is -2.42. The molecule has 1 aromatic rings. The van der Waals surface area contributed by atoms with Gasteiger partial charge in [-0.15, -0.1) is 11.3 Å². The molecule has 1 aliphatic rings. The van der Waals surface area contributed by atoms with Crippen molar-refractivity contribution in [3.63, 3.8) is 0 Å². The number of likely N-dealkylation sites (tertiary alicyclic amines) is 1. The second-order valence-corrected chi connectivity index (χ2v) is 6.75. The summed E-state index contributed by atoms with van der Waals surface area (Å²) in [5.41, 5.74) is 1.63. The van der Waals surface area contributed by atoms with Crippen molar-refractivity contribution in [1.82, 2.24) is 10.2 Å². The fourth-order valence-electron chi connectivity index (χ4n) is 3.02. The summed E-state index contributed by atoms with van der Waals surface area (Å²) in [6.45, 7) is 12.7. The summed E-state index contributed by atoms with van der Waals surface area (Å²) in [6, 6.07) is 2.69. The first-order valence-electron chi connectivity index (χ1n) is 7.09. The molecule has 3 heteroatoms. The third-order valence-corrected chi connectivity index (χ3v) is 5.28. The van der Waals surface area contributed by atoms with E-state index in [0.29, 0.717) is 6.04 Å². The molecular formula is C15H26N2S. The molecule has 1 unspecified atom stereocenters. The Bertz CT molecular complexity index is 378. The quantitative estimate of drug-likeness (QED) is 0.876. The van der Waals surface area contributed by atoms with Gasteiger partial charge in [-0.05, 0) is 70.3 Å². The summed E-state index contributed by atoms with van der Waals surface area (Å²) in [5, 5.41) is 5.93. The fraction of sp³-hybridized carbons (Fsp3) is 0.733. The summed E-state index contributed by atoms with van der Waals surface area (Å²) in [7, 11) is 0. The number of nitrogens with one attached hydrogen (secondary N) is 1. The van der Waals surface area contributed by atoms with Gasteiger partial charge in [0.05, 0.1) is 6.04 Å². The number of aryl methyl sites for hydroxylation is 1. The second kappa shape index (κ2) is 5.72. The molecule has 18 heavy (non-hydrogen) atoms. The maximum Gasteiger partial charge on any atom is 0.0599 e. The molecule has 0 spiro atoms. The Balaban J connectivity index is 2.26. The Hall–Kier alpha value is -0.380. The normalized spacial score (nSPS) is 19.3. The van der Waals surface area contributed by atoms with E-state index in [1.807, 2.05) is 11.3 Å². The maximum atomic E-state index is 3.71. The highest BCUT2D eigenvalue weighted by Crippen LogP contribution is 2.37. The van der Waals surface area contributed by atoms with Gasteiger partial charge in [0.25, 0.3) is 0 Å². The second-order valence-electron chi connectivity index (χ2n) is 5.81. The van der Waals surface area contributed by atoms with Crippen LogP contribution in [0.2, 0.25) is 0 Å². The van der Waals surface area contributed by atoms with Gasteiger partial charge in [0, 0.05) is 10.4 Å². The molecular weight excluding hydrogens is 240 g/mol. The number of rotatable bonds is 5. The van der Waals surface area contributed by atoms with Gasteiger partial charge in [-0.1, -0.05) is 6.92 Å². The summed E-state index contributed by atoms with van der Waals surface area (Å²) >= 11 is 1.89. The van der Waals surface area contributed by atoms with Gasteiger partial charge >= 0.3 is 0 Å². The molecule has 0 amide bonds. The van der Waals surface area contributed by atoms with Crippen molar-refractivity contribution in [1.29, 1.82) is 0 Å². The Kier molecular flexibility index (Phi) is 4.46. The minimum Gasteiger partial charge on any atom is -0.308 e. The summed E-state index contributed by atoms with van der Waals surface area (Å²) in [6.07, 6.45) is 2.71. The molecule has 1 aromatic heterocycles. The van der Waals surface area contributed by atoms with E-state index in [-0.39, 0.29) is 5.54 Å². The first kappa shape index (κ1) is 14.0. The van der Waals surface area contributed by atoms with E-state index in [1.165, 1.54) is 36.4 Å². The zero-order valence-electron chi connectivity index (χ0n) is 12.1. The SMILES string of the molecule is CCNC(c1sccc1C)C(C)(C)N1CCCC1. The van der Waals surface area contributed by atoms with Crippen LogP contribution in [0, 0.1) is 6.92 Å². The van der Waals surface area contributed by atoms with Gasteiger partial charge in [0.1, 0.15) is 0 Å². The first-order valence-corrected chi connectivity index (χ1v) is 7.97. The van der Waals surface area contributed by atoms with Crippen molar-refractivity contribution in [2.45, 2.75) is 52.1 Å². The van der Waals surface area contributed by atoms with Gasteiger partial charge in [-0.2, -0.15) is 0 Å². The number of thiophene rings is 1. The lowest BCUT2D eigenvalue weighted by atomic mass is 9.90. The average Bonchev–Trinajstić information content (AvgIpc) is 2.96. The van der Waals surface area contributed by atoms with Crippen molar-refractivity contribution < 1.29 is 0 Å². The lowest BCUT2D eigenvalue weighted by molar-refractivity contribution is 0.109. The van der Waals surface area contributed by atoms with Crippen LogP contribution >= 0.6 is 11.3 Å². The first-order chi connectivity index (χ1) is 8.57. The molecule has 2 rings (SSSR count). The van der Waals surface area contributed by atoms with E-state index in [4.69, 9.17) is 0 Å². The van der Waals surface area contributed by atoms with Crippen LogP contribution in [0.4, 0.5) is 0 Å². The van der Waals surface area contributed by atoms with E-state index >= 15 is 0 Å². The van der Waals surface area contributed by atoms with Crippen molar-refractivity contribution in [2.24, 2.45) is 0 Å². The third-order valence-electron chi connectivity index (χ3n) is 4.20. The topological polar surface area (TPSA) is 15.3 Å². The van der Waals surface area contributed by atoms with E-state index in [2.05, 4.69) is 49.4 Å². The number of hydrogen-bond acceptors (Lipinski definition) is 3. The Labute approximate surface area is 115 Å². The van der Waals surface area contributed by atoms with Gasteiger partial charge in [0.2, 0.25) is 0 Å². The number of nitrogens with zero attached hydrogens (tertiary/aromatic N) is 1. The molecule has 1 aliphatic heterocycles. The molecule has 1 N–H and O–H groups in total. The van der Waals surface area contributed by atoms with Gasteiger partial charge in [0.15, 0.2) is 0 Å². The van der Waals surface area contributed by atoms with Crippen LogP contribution < -0.4 is 5.32 Å². The largest absolute Gasteiger partial charge is 0.308 e. The highest BCUT2D eigenvalue weighted by molar-refractivity contribution is 7.10. The Morgan fingerprint density at radius 3 is 2.56 bits per heavy atom. The molecule has 0 radical (unpaired) electrons. The Morgan fingerprint density at radius 1 is 1.39 bits per heavy atom. The zero-order valence-corrected chi connectivity index (χ0v) is 12.9. The van der Waals surface area contributed by atoms with Crippen molar-refractivity contribution in [3.05, 3.63) is 21.9 Å². The van der Waals surface area contributed by atoms with Crippen LogP contribution in [0.5, 0.6) is 0 Å². The number of hydrogen-bond donors (Lipinski definition) is 1. The van der Waals surface area contributed by atoms with Crippen molar-refractivity contribution >= 4 is 11.3 Å². The molecule has 0 saturated carbocycles. The molecule has 2 nitrogen and oxygen atoms in total. The third kappa shape index (κ3) is 2.63. The van der Waals surface area contributed by atoms with Gasteiger partial charge in [-0.25, -0.2) is 0 Å². The lowest BCUT2D eigenvalue weighted by Crippen LogP contribution is -2.51. The predicted octanol–water partition coefficient (Wildman–Crippen LogP) is 3.58. The van der Waals surface area contributed by atoms with Crippen LogP contribution in [0.25, 0.3) is 0 Å². The van der Waals surface area contributed by atoms with Gasteiger partial charge in [-0.3, -0.25) is 4.90 Å². The standard InChI is InChI=1S/C15H26N2S/c1-5-16-14(13-12(2)8-11-18-13)15(3,4)17-9-6-7-10-17/h8,11,14,16H,5-7,9-10H2,1-4H3. The molecule has 102 valence electrons. The molecule has 1 saturated heterocycles. The highest BCUT2D eigenvalue weighted by atomic mass is 32.1. The average molecular weight is 266 g/mol. The molecule has 1 atom stereocenters. The maximum absolute atomic E-state index is 3.71. The van der Waals surface area contributed by atoms with Crippen molar-refractivity contribution in [3.8, 4) is 0 Å². The van der Waals surface area contributed by atoms with E-state index in [1.54, 1.807) is 0 Å². The fourth-order valence-corrected chi connectivity index (χ4v) is 4.20. The van der Waals surface area contributed by atoms with Crippen LogP contribution in [-0.4, -0.2) is 30.1 Å². The zero-order chi connectivity index (χ0) is 13.2. The smallest absolute Gasteiger partial charge is 0.0599 e. The monoisotopic (exact) mass is 266 g/mol. The summed E-state index contributed by atoms with van der Waals surface area (Å²) < 4.78 is 0. The molecule has 1 fully saturated rings. The summed E-state index contributed by atoms with van der Waals surface area (Å²) in [5.74, 6) is 0. The van der Waals surface area contributed by atoms with Crippen LogP contribution in [0.15, 0.2) is 11.4 Å². The van der Waals surface area contributed by atoms with E-state index in [0.717, 1.165) is 6.54 Å². The van der Waals surface area contributed by atoms with E-state index in [9.17, 15) is 0 Å². The highest BCUT2D eigenvalue weighted by Gasteiger charge is 2.38. The van der Waals surface area contributed by atoms with E-state index < -0.39 is 0 Å². The minimum atomic E-state index is 0.197. The molecule has 0 aliphatic carbocycles. The van der Waals surface area contributed by atoms with Gasteiger partial charge < -0.3 is 5.32 Å². The van der Waals surface area contributed by atoms with Crippen LogP contribution in [-0.2, 0) is 0 Å². The van der Waals surface area contributed by atoms with Crippen molar-refractivity contribution in [2.75, 3.05) is 19.6 Å². The van der Waals surface area contributed by atoms with Crippen LogP contribution in [0.1, 0.15) is 50.1 Å². The number of likely N-dealkylation sites (N-methyl/N-ethyl adjacent to an activating group) is 1. The van der Waals surface area contributed by atoms with Crippen LogP contribution in [0.3, 0.4) is 0 Å².